The maximum absolute atomic E-state index is 10.2. The molecule has 4 aliphatic rings. The normalized spacial score (nSPS) is 38.5. The number of unbranched alkanes of at least 4 members (excludes halogenated alkanes) is 1. The Kier molecular flexibility index (Phi) is 8.51. The molecular weight excluding hydrogens is 516 g/mol. The Bertz CT molecular complexity index is 1190. The van der Waals surface area contributed by atoms with Crippen molar-refractivity contribution in [1.29, 1.82) is 0 Å². The lowest BCUT2D eigenvalue weighted by Gasteiger charge is -2.65. The van der Waals surface area contributed by atoms with Gasteiger partial charge in [0.05, 0.1) is 0 Å². The molecule has 0 saturated heterocycles. The average Bonchev–Trinajstić information content (AvgIpc) is 3.19. The van der Waals surface area contributed by atoms with Gasteiger partial charge in [0.15, 0.2) is 0 Å². The molecule has 9 atom stereocenters. The van der Waals surface area contributed by atoms with Crippen LogP contribution in [0.15, 0.2) is 41.5 Å². The van der Waals surface area contributed by atoms with Crippen molar-refractivity contribution in [3.05, 3.63) is 47.1 Å². The first-order valence-electron chi connectivity index (χ1n) is 17.0. The fourth-order valence-electron chi connectivity index (χ4n) is 11.6. The van der Waals surface area contributed by atoms with Crippen LogP contribution >= 0.6 is 0 Å². The van der Waals surface area contributed by atoms with Gasteiger partial charge in [-0.15, -0.1) is 0 Å². The molecule has 0 aromatic heterocycles. The lowest BCUT2D eigenvalue weighted by Crippen LogP contribution is -2.57. The van der Waals surface area contributed by atoms with Crippen molar-refractivity contribution in [2.24, 2.45) is 51.2 Å². The van der Waals surface area contributed by atoms with Gasteiger partial charge in [0.25, 0.3) is 0 Å². The van der Waals surface area contributed by atoms with Gasteiger partial charge in [-0.05, 0) is 141 Å². The highest BCUT2D eigenvalue weighted by atomic mass is 17.1. The number of anilines is 2. The van der Waals surface area contributed by atoms with Crippen molar-refractivity contribution < 1.29 is 10.1 Å². The summed E-state index contributed by atoms with van der Waals surface area (Å²) in [5.41, 5.74) is 18.4. The summed E-state index contributed by atoms with van der Waals surface area (Å²) in [4.78, 5) is 5.27. The minimum Gasteiger partial charge on any atom is -0.399 e. The topological polar surface area (TPSA) is 81.5 Å². The summed E-state index contributed by atoms with van der Waals surface area (Å²) in [6, 6.07) is 5.59. The fourth-order valence-corrected chi connectivity index (χ4v) is 11.6. The van der Waals surface area contributed by atoms with E-state index in [4.69, 9.17) is 16.4 Å². The summed E-state index contributed by atoms with van der Waals surface area (Å²) in [7, 11) is 0. The molecule has 1 aromatic rings. The SMILES string of the molecule is CC(C)=CCCCC(C)C1CCC2(C)C3CC=C4C(C)(C)C(C(OO)c5cc(N)cc(N)c5)CCC4(C)C3CCC12C. The molecule has 4 aliphatic carbocycles. The van der Waals surface area contributed by atoms with Crippen LogP contribution in [0.4, 0.5) is 11.4 Å². The van der Waals surface area contributed by atoms with Crippen LogP contribution in [0.3, 0.4) is 0 Å². The minimum atomic E-state index is -0.449. The third-order valence-electron chi connectivity index (χ3n) is 13.9. The van der Waals surface area contributed by atoms with Gasteiger partial charge in [0.1, 0.15) is 6.10 Å². The molecule has 0 heterocycles. The number of hydrogen-bond donors (Lipinski definition) is 3. The molecule has 3 fully saturated rings. The standard InChI is InChI=1S/C38H60N2O2/c1-24(2)11-9-10-12-25(3)29-16-19-38(8)31-13-14-33-35(4,5)32(34(42-41)26-21-27(39)23-28(40)22-26)15-18-36(33,6)30(31)17-20-37(29,38)7/h11,14,21-23,25,29-32,34,41H,9-10,12-13,15-20,39-40H2,1-8H3. The van der Waals surface area contributed by atoms with E-state index in [1.807, 2.05) is 12.1 Å². The smallest absolute Gasteiger partial charge is 0.121 e. The number of nitrogen functional groups attached to an aromatic ring is 2. The Labute approximate surface area is 256 Å². The van der Waals surface area contributed by atoms with Crippen LogP contribution in [0.1, 0.15) is 131 Å². The lowest BCUT2D eigenvalue weighted by molar-refractivity contribution is -0.303. The van der Waals surface area contributed by atoms with Crippen molar-refractivity contribution >= 4 is 11.4 Å². The molecule has 5 N–H and O–H groups in total. The van der Waals surface area contributed by atoms with E-state index in [2.05, 4.69) is 67.5 Å². The Morgan fingerprint density at radius 1 is 0.929 bits per heavy atom. The molecule has 0 amide bonds. The van der Waals surface area contributed by atoms with Crippen LogP contribution in [-0.4, -0.2) is 5.26 Å². The van der Waals surface area contributed by atoms with Crippen molar-refractivity contribution in [2.45, 2.75) is 126 Å². The Hall–Kier alpha value is -1.78. The molecule has 0 spiro atoms. The molecule has 3 saturated carbocycles. The van der Waals surface area contributed by atoms with Gasteiger partial charge in [0, 0.05) is 17.3 Å². The predicted molar refractivity (Wildman–Crippen MR) is 177 cm³/mol. The van der Waals surface area contributed by atoms with E-state index in [0.717, 1.165) is 42.1 Å². The quantitative estimate of drug-likeness (QED) is 0.0945. The van der Waals surface area contributed by atoms with E-state index in [-0.39, 0.29) is 16.7 Å². The van der Waals surface area contributed by atoms with Crippen molar-refractivity contribution in [2.75, 3.05) is 11.5 Å². The Morgan fingerprint density at radius 3 is 2.21 bits per heavy atom. The zero-order chi connectivity index (χ0) is 30.7. The Balaban J connectivity index is 1.40. The van der Waals surface area contributed by atoms with Crippen molar-refractivity contribution in [3.63, 3.8) is 0 Å². The van der Waals surface area contributed by atoms with Crippen LogP contribution in [0, 0.1) is 51.2 Å². The largest absolute Gasteiger partial charge is 0.399 e. The molecule has 42 heavy (non-hydrogen) atoms. The molecule has 5 rings (SSSR count). The van der Waals surface area contributed by atoms with Crippen LogP contribution < -0.4 is 11.5 Å². The number of benzene rings is 1. The van der Waals surface area contributed by atoms with Crippen LogP contribution in [0.2, 0.25) is 0 Å². The molecule has 0 aliphatic heterocycles. The van der Waals surface area contributed by atoms with Crippen molar-refractivity contribution in [3.8, 4) is 0 Å². The first kappa shape index (κ1) is 31.6. The third-order valence-corrected chi connectivity index (χ3v) is 13.9. The van der Waals surface area contributed by atoms with Crippen LogP contribution in [-0.2, 0) is 4.89 Å². The second kappa shape index (κ2) is 11.3. The maximum Gasteiger partial charge on any atom is 0.121 e. The van der Waals surface area contributed by atoms with Gasteiger partial charge >= 0.3 is 0 Å². The van der Waals surface area contributed by atoms with Crippen molar-refractivity contribution in [1.82, 2.24) is 0 Å². The van der Waals surface area contributed by atoms with E-state index in [1.165, 1.54) is 56.9 Å². The van der Waals surface area contributed by atoms with E-state index in [1.54, 1.807) is 11.6 Å². The summed E-state index contributed by atoms with van der Waals surface area (Å²) in [6.45, 7) is 19.8. The molecule has 234 valence electrons. The summed E-state index contributed by atoms with van der Waals surface area (Å²) in [6.07, 6.45) is 17.4. The van der Waals surface area contributed by atoms with Crippen LogP contribution in [0.25, 0.3) is 0 Å². The van der Waals surface area contributed by atoms with Gasteiger partial charge in [-0.1, -0.05) is 71.3 Å². The summed E-state index contributed by atoms with van der Waals surface area (Å²) >= 11 is 0. The van der Waals surface area contributed by atoms with E-state index in [0.29, 0.717) is 22.2 Å². The number of allylic oxidation sites excluding steroid dienone is 4. The molecular formula is C38H60N2O2. The van der Waals surface area contributed by atoms with Gasteiger partial charge in [-0.2, -0.15) is 0 Å². The number of nitrogens with two attached hydrogens (primary N) is 2. The third kappa shape index (κ3) is 4.97. The first-order chi connectivity index (χ1) is 19.7. The van der Waals surface area contributed by atoms with E-state index < -0.39 is 6.10 Å². The Morgan fingerprint density at radius 2 is 1.57 bits per heavy atom. The zero-order valence-electron chi connectivity index (χ0n) is 27.9. The highest BCUT2D eigenvalue weighted by Gasteiger charge is 2.66. The summed E-state index contributed by atoms with van der Waals surface area (Å²) in [5, 5.41) is 10.2. The van der Waals surface area contributed by atoms with Gasteiger partial charge in [0.2, 0.25) is 0 Å². The molecule has 4 heteroatoms. The average molecular weight is 577 g/mol. The molecule has 4 nitrogen and oxygen atoms in total. The van der Waals surface area contributed by atoms with Gasteiger partial charge in [-0.3, -0.25) is 5.26 Å². The molecule has 9 unspecified atom stereocenters. The van der Waals surface area contributed by atoms with Gasteiger partial charge in [-0.25, -0.2) is 4.89 Å². The molecule has 1 aromatic carbocycles. The van der Waals surface area contributed by atoms with Crippen LogP contribution in [0.5, 0.6) is 0 Å². The van der Waals surface area contributed by atoms with Gasteiger partial charge < -0.3 is 11.5 Å². The fraction of sp³-hybridized carbons (Fsp3) is 0.737. The van der Waals surface area contributed by atoms with E-state index >= 15 is 0 Å². The molecule has 0 bridgehead atoms. The summed E-state index contributed by atoms with van der Waals surface area (Å²) < 4.78 is 0. The highest BCUT2D eigenvalue weighted by molar-refractivity contribution is 5.55. The minimum absolute atomic E-state index is 0.107. The second-order valence-electron chi connectivity index (χ2n) is 16.5. The maximum atomic E-state index is 10.2. The summed E-state index contributed by atoms with van der Waals surface area (Å²) in [5.74, 6) is 3.26. The second-order valence-corrected chi connectivity index (χ2v) is 16.5. The highest BCUT2D eigenvalue weighted by Crippen LogP contribution is 2.74. The monoisotopic (exact) mass is 576 g/mol. The number of fused-ring (bicyclic) bond motifs is 5. The first-order valence-corrected chi connectivity index (χ1v) is 17.0. The molecule has 0 radical (unpaired) electrons. The lowest BCUT2D eigenvalue weighted by atomic mass is 9.39. The zero-order valence-corrected chi connectivity index (χ0v) is 27.9. The number of hydrogen-bond acceptors (Lipinski definition) is 4. The van der Waals surface area contributed by atoms with E-state index in [9.17, 15) is 5.26 Å². The number of rotatable bonds is 8. The predicted octanol–water partition coefficient (Wildman–Crippen LogP) is 10.4.